The van der Waals surface area contributed by atoms with Crippen molar-refractivity contribution in [2.45, 2.75) is 24.8 Å². The van der Waals surface area contributed by atoms with Crippen molar-refractivity contribution >= 4 is 46.0 Å². The van der Waals surface area contributed by atoms with Crippen molar-refractivity contribution in [3.8, 4) is 0 Å². The maximum absolute atomic E-state index is 13.3. The Morgan fingerprint density at radius 2 is 1.84 bits per heavy atom. The van der Waals surface area contributed by atoms with E-state index < -0.39 is 5.82 Å². The molecule has 0 aliphatic heterocycles. The second-order valence-corrected chi connectivity index (χ2v) is 8.45. The summed E-state index contributed by atoms with van der Waals surface area (Å²) >= 11 is 7.30. The SMILES string of the molecule is Cc1cc(C)nc(SCc2nc3cc(NC(=O)c4ccc(F)c(Cl)c4)ccc3n2C)n1. The zero-order chi connectivity index (χ0) is 22.1. The van der Waals surface area contributed by atoms with Gasteiger partial charge in [-0.3, -0.25) is 4.79 Å². The molecule has 2 aromatic heterocycles. The van der Waals surface area contributed by atoms with Crippen molar-refractivity contribution < 1.29 is 9.18 Å². The molecule has 1 amide bonds. The van der Waals surface area contributed by atoms with Crippen LogP contribution in [-0.2, 0) is 12.8 Å². The smallest absolute Gasteiger partial charge is 0.255 e. The van der Waals surface area contributed by atoms with Gasteiger partial charge in [-0.25, -0.2) is 19.3 Å². The first-order chi connectivity index (χ1) is 14.8. The summed E-state index contributed by atoms with van der Waals surface area (Å²) in [4.78, 5) is 26.1. The number of nitrogens with zero attached hydrogens (tertiary/aromatic N) is 4. The Morgan fingerprint density at radius 1 is 1.10 bits per heavy atom. The van der Waals surface area contributed by atoms with Gasteiger partial charge in [-0.1, -0.05) is 23.4 Å². The lowest BCUT2D eigenvalue weighted by atomic mass is 10.2. The number of halogens is 2. The summed E-state index contributed by atoms with van der Waals surface area (Å²) in [6.07, 6.45) is 0. The van der Waals surface area contributed by atoms with E-state index in [4.69, 9.17) is 16.6 Å². The molecule has 4 rings (SSSR count). The Balaban J connectivity index is 1.52. The molecular formula is C22H19ClFN5OS. The Morgan fingerprint density at radius 3 is 2.55 bits per heavy atom. The van der Waals surface area contributed by atoms with E-state index in [1.807, 2.05) is 37.6 Å². The van der Waals surface area contributed by atoms with Gasteiger partial charge in [0.25, 0.3) is 5.91 Å². The fourth-order valence-electron chi connectivity index (χ4n) is 3.18. The number of aromatic nitrogens is 4. The summed E-state index contributed by atoms with van der Waals surface area (Å²) in [5, 5.41) is 3.42. The van der Waals surface area contributed by atoms with Gasteiger partial charge in [-0.15, -0.1) is 0 Å². The third-order valence-electron chi connectivity index (χ3n) is 4.71. The molecule has 2 heterocycles. The van der Waals surface area contributed by atoms with Gasteiger partial charge < -0.3 is 9.88 Å². The second-order valence-electron chi connectivity index (χ2n) is 7.10. The first-order valence-corrected chi connectivity index (χ1v) is 10.8. The Labute approximate surface area is 187 Å². The van der Waals surface area contributed by atoms with E-state index in [9.17, 15) is 9.18 Å². The Kier molecular flexibility index (Phi) is 5.93. The van der Waals surface area contributed by atoms with Crippen LogP contribution in [0.3, 0.4) is 0 Å². The predicted molar refractivity (Wildman–Crippen MR) is 121 cm³/mol. The summed E-state index contributed by atoms with van der Waals surface area (Å²) in [5.74, 6) is 0.547. The molecule has 0 aliphatic carbocycles. The molecule has 9 heteroatoms. The number of rotatable bonds is 5. The van der Waals surface area contributed by atoms with E-state index in [0.717, 1.165) is 33.4 Å². The van der Waals surface area contributed by atoms with Gasteiger partial charge in [-0.05, 0) is 56.3 Å². The number of carbonyl (C=O) groups excluding carboxylic acids is 1. The minimum atomic E-state index is -0.565. The zero-order valence-corrected chi connectivity index (χ0v) is 18.7. The van der Waals surface area contributed by atoms with Gasteiger partial charge in [0.2, 0.25) is 0 Å². The molecule has 0 fully saturated rings. The van der Waals surface area contributed by atoms with E-state index in [0.29, 0.717) is 11.4 Å². The van der Waals surface area contributed by atoms with Crippen molar-refractivity contribution in [3.63, 3.8) is 0 Å². The molecule has 0 saturated carbocycles. The highest BCUT2D eigenvalue weighted by Crippen LogP contribution is 2.25. The van der Waals surface area contributed by atoms with Crippen LogP contribution in [0.15, 0.2) is 47.6 Å². The maximum atomic E-state index is 13.3. The van der Waals surface area contributed by atoms with E-state index in [2.05, 4.69) is 15.3 Å². The number of thioether (sulfide) groups is 1. The van der Waals surface area contributed by atoms with Crippen molar-refractivity contribution in [3.05, 3.63) is 76.1 Å². The molecule has 0 radical (unpaired) electrons. The Hall–Kier alpha value is -2.97. The summed E-state index contributed by atoms with van der Waals surface area (Å²) in [6, 6.07) is 11.3. The van der Waals surface area contributed by atoms with Crippen LogP contribution >= 0.6 is 23.4 Å². The van der Waals surface area contributed by atoms with Gasteiger partial charge in [0.05, 0.1) is 21.8 Å². The average Bonchev–Trinajstić information content (AvgIpc) is 3.03. The van der Waals surface area contributed by atoms with Crippen molar-refractivity contribution in [1.82, 2.24) is 19.5 Å². The molecule has 0 bridgehead atoms. The first-order valence-electron chi connectivity index (χ1n) is 9.47. The number of benzene rings is 2. The molecule has 6 nitrogen and oxygen atoms in total. The van der Waals surface area contributed by atoms with Crippen LogP contribution in [0.4, 0.5) is 10.1 Å². The van der Waals surface area contributed by atoms with Crippen LogP contribution in [0.25, 0.3) is 11.0 Å². The topological polar surface area (TPSA) is 72.7 Å². The number of hydrogen-bond acceptors (Lipinski definition) is 5. The monoisotopic (exact) mass is 455 g/mol. The van der Waals surface area contributed by atoms with Crippen molar-refractivity contribution in [2.24, 2.45) is 7.05 Å². The molecule has 0 aliphatic rings. The van der Waals surface area contributed by atoms with Gasteiger partial charge in [-0.2, -0.15) is 0 Å². The third kappa shape index (κ3) is 4.70. The number of aryl methyl sites for hydroxylation is 3. The molecule has 1 N–H and O–H groups in total. The lowest BCUT2D eigenvalue weighted by Gasteiger charge is -2.06. The standard InChI is InChI=1S/C22H19ClFN5OS/c1-12-8-13(2)26-22(25-12)31-11-20-28-18-10-15(5-7-19(18)29(20)3)27-21(30)14-4-6-17(24)16(23)9-14/h4-10H,11H2,1-3H3,(H,27,30). The van der Waals surface area contributed by atoms with Crippen LogP contribution < -0.4 is 5.32 Å². The minimum Gasteiger partial charge on any atom is -0.330 e. The molecule has 0 unspecified atom stereocenters. The molecule has 4 aromatic rings. The fourth-order valence-corrected chi connectivity index (χ4v) is 4.30. The van der Waals surface area contributed by atoms with Crippen LogP contribution in [0.5, 0.6) is 0 Å². The van der Waals surface area contributed by atoms with Gasteiger partial charge in [0.1, 0.15) is 11.6 Å². The molecule has 2 aromatic carbocycles. The van der Waals surface area contributed by atoms with Gasteiger partial charge >= 0.3 is 0 Å². The molecule has 158 valence electrons. The Bertz CT molecular complexity index is 1290. The number of anilines is 1. The molecular weight excluding hydrogens is 437 g/mol. The van der Waals surface area contributed by atoms with E-state index >= 15 is 0 Å². The quantitative estimate of drug-likeness (QED) is 0.326. The van der Waals surface area contributed by atoms with Crippen LogP contribution in [0, 0.1) is 19.7 Å². The number of carbonyl (C=O) groups is 1. The third-order valence-corrected chi connectivity index (χ3v) is 5.84. The van der Waals surface area contributed by atoms with E-state index in [1.165, 1.54) is 30.0 Å². The van der Waals surface area contributed by atoms with Crippen LogP contribution in [0.1, 0.15) is 27.6 Å². The lowest BCUT2D eigenvalue weighted by Crippen LogP contribution is -2.11. The second kappa shape index (κ2) is 8.64. The summed E-state index contributed by atoms with van der Waals surface area (Å²) < 4.78 is 15.3. The predicted octanol–water partition coefficient (Wildman–Crippen LogP) is 5.32. The molecule has 0 spiro atoms. The van der Waals surface area contributed by atoms with E-state index in [1.54, 1.807) is 12.1 Å². The molecule has 0 atom stereocenters. The number of imidazole rings is 1. The minimum absolute atomic E-state index is 0.0947. The number of fused-ring (bicyclic) bond motifs is 1. The van der Waals surface area contributed by atoms with Gasteiger partial charge in [0.15, 0.2) is 5.16 Å². The van der Waals surface area contributed by atoms with Crippen LogP contribution in [0.2, 0.25) is 5.02 Å². The highest BCUT2D eigenvalue weighted by atomic mass is 35.5. The number of hydrogen-bond donors (Lipinski definition) is 1. The molecule has 0 saturated heterocycles. The van der Waals surface area contributed by atoms with Crippen molar-refractivity contribution in [2.75, 3.05) is 5.32 Å². The average molecular weight is 456 g/mol. The highest BCUT2D eigenvalue weighted by Gasteiger charge is 2.13. The summed E-state index contributed by atoms with van der Waals surface area (Å²) in [5.41, 5.74) is 4.44. The molecule has 31 heavy (non-hydrogen) atoms. The van der Waals surface area contributed by atoms with Gasteiger partial charge in [0, 0.05) is 29.7 Å². The number of amides is 1. The van der Waals surface area contributed by atoms with Crippen LogP contribution in [-0.4, -0.2) is 25.4 Å². The summed E-state index contributed by atoms with van der Waals surface area (Å²) in [6.45, 7) is 3.90. The van der Waals surface area contributed by atoms with Crippen molar-refractivity contribution in [1.29, 1.82) is 0 Å². The maximum Gasteiger partial charge on any atom is 0.255 e. The zero-order valence-electron chi connectivity index (χ0n) is 17.1. The normalized spacial score (nSPS) is 11.1. The first kappa shape index (κ1) is 21.3. The lowest BCUT2D eigenvalue weighted by molar-refractivity contribution is 0.102. The van der Waals surface area contributed by atoms with E-state index in [-0.39, 0.29) is 16.5 Å². The fraction of sp³-hybridized carbons (Fsp3) is 0.182. The largest absolute Gasteiger partial charge is 0.330 e. The highest BCUT2D eigenvalue weighted by molar-refractivity contribution is 7.98. The number of nitrogens with one attached hydrogen (secondary N) is 1. The summed E-state index contributed by atoms with van der Waals surface area (Å²) in [7, 11) is 1.95.